The molecule has 324 valence electrons. The predicted octanol–water partition coefficient (Wildman–Crippen LogP) is 14.3. The summed E-state index contributed by atoms with van der Waals surface area (Å²) < 4.78 is 0. The van der Waals surface area contributed by atoms with Crippen LogP contribution in [0.5, 0.6) is 0 Å². The van der Waals surface area contributed by atoms with Crippen LogP contribution < -0.4 is 5.32 Å². The van der Waals surface area contributed by atoms with Crippen molar-refractivity contribution in [2.24, 2.45) is 0 Å². The van der Waals surface area contributed by atoms with E-state index >= 15 is 0 Å². The zero-order chi connectivity index (χ0) is 40.1. The molecule has 55 heavy (non-hydrogen) atoms. The first-order valence-electron chi connectivity index (χ1n) is 24.3. The Balaban J connectivity index is 3.67. The second kappa shape index (κ2) is 45.3. The number of aliphatic hydroxyl groups is 3. The van der Waals surface area contributed by atoms with Gasteiger partial charge >= 0.3 is 0 Å². The first-order chi connectivity index (χ1) is 27.1. The van der Waals surface area contributed by atoms with E-state index in [9.17, 15) is 20.1 Å². The van der Waals surface area contributed by atoms with Crippen LogP contribution in [-0.4, -0.2) is 46.1 Å². The fourth-order valence-electron chi connectivity index (χ4n) is 7.41. The molecule has 4 N–H and O–H groups in total. The monoisotopic (exact) mass is 774 g/mol. The van der Waals surface area contributed by atoms with E-state index < -0.39 is 18.2 Å². The zero-order valence-corrected chi connectivity index (χ0v) is 36.8. The van der Waals surface area contributed by atoms with Crippen LogP contribution in [0.2, 0.25) is 0 Å². The number of amides is 1. The number of allylic oxidation sites excluding steroid dienone is 6. The van der Waals surface area contributed by atoms with Crippen molar-refractivity contribution >= 4 is 5.91 Å². The highest BCUT2D eigenvalue weighted by Crippen LogP contribution is 2.15. The topological polar surface area (TPSA) is 89.8 Å². The Morgan fingerprint density at radius 2 is 0.745 bits per heavy atom. The van der Waals surface area contributed by atoms with Gasteiger partial charge in [0.2, 0.25) is 5.91 Å². The third-order valence-corrected chi connectivity index (χ3v) is 11.2. The van der Waals surface area contributed by atoms with Gasteiger partial charge in [-0.2, -0.15) is 0 Å². The first-order valence-corrected chi connectivity index (χ1v) is 24.3. The second-order valence-corrected chi connectivity index (χ2v) is 16.6. The first kappa shape index (κ1) is 53.6. The lowest BCUT2D eigenvalue weighted by Gasteiger charge is -2.26. The Hall–Kier alpha value is -1.43. The van der Waals surface area contributed by atoms with Crippen LogP contribution in [0.1, 0.15) is 251 Å². The van der Waals surface area contributed by atoms with Crippen LogP contribution in [-0.2, 0) is 4.79 Å². The summed E-state index contributed by atoms with van der Waals surface area (Å²) >= 11 is 0. The summed E-state index contributed by atoms with van der Waals surface area (Å²) in [6.07, 6.45) is 56.9. The van der Waals surface area contributed by atoms with Gasteiger partial charge in [-0.15, -0.1) is 0 Å². The lowest BCUT2D eigenvalue weighted by atomic mass is 10.0. The molecule has 3 atom stereocenters. The average Bonchev–Trinajstić information content (AvgIpc) is 3.19. The lowest BCUT2D eigenvalue weighted by molar-refractivity contribution is -0.124. The van der Waals surface area contributed by atoms with Crippen molar-refractivity contribution in [2.75, 3.05) is 6.61 Å². The maximum Gasteiger partial charge on any atom is 0.220 e. The minimum atomic E-state index is -1.17. The van der Waals surface area contributed by atoms with Gasteiger partial charge in [-0.3, -0.25) is 4.79 Å². The molecule has 3 unspecified atom stereocenters. The van der Waals surface area contributed by atoms with Gasteiger partial charge in [0, 0.05) is 6.42 Å². The van der Waals surface area contributed by atoms with E-state index in [0.717, 1.165) is 44.9 Å². The molecule has 0 saturated carbocycles. The van der Waals surface area contributed by atoms with Crippen molar-refractivity contribution in [1.82, 2.24) is 5.32 Å². The Morgan fingerprint density at radius 1 is 0.436 bits per heavy atom. The van der Waals surface area contributed by atoms with Crippen LogP contribution in [0.3, 0.4) is 0 Å². The largest absolute Gasteiger partial charge is 0.394 e. The van der Waals surface area contributed by atoms with Gasteiger partial charge in [0.15, 0.2) is 0 Å². The second-order valence-electron chi connectivity index (χ2n) is 16.6. The highest BCUT2D eigenvalue weighted by Gasteiger charge is 2.26. The molecule has 1 amide bonds. The van der Waals surface area contributed by atoms with Crippen molar-refractivity contribution in [2.45, 2.75) is 270 Å². The summed E-state index contributed by atoms with van der Waals surface area (Å²) in [5, 5.41) is 33.6. The summed E-state index contributed by atoms with van der Waals surface area (Å²) in [5.74, 6) is -0.162. The van der Waals surface area contributed by atoms with E-state index in [1.165, 1.54) is 180 Å². The number of aliphatic hydroxyl groups excluding tert-OH is 3. The van der Waals surface area contributed by atoms with Crippen molar-refractivity contribution in [3.8, 4) is 0 Å². The summed E-state index contributed by atoms with van der Waals surface area (Å²) in [6.45, 7) is 4.18. The van der Waals surface area contributed by atoms with Crippen LogP contribution in [0.4, 0.5) is 0 Å². The molecule has 0 heterocycles. The van der Waals surface area contributed by atoms with Crippen LogP contribution in [0.25, 0.3) is 0 Å². The highest BCUT2D eigenvalue weighted by atomic mass is 16.3. The molecular formula is C50H95NO4. The number of rotatable bonds is 44. The number of carbonyl (C=O) groups is 1. The molecule has 0 rings (SSSR count). The Kier molecular flexibility index (Phi) is 44.1. The van der Waals surface area contributed by atoms with Crippen molar-refractivity contribution < 1.29 is 20.1 Å². The fraction of sp³-hybridized carbons (Fsp3) is 0.860. The lowest BCUT2D eigenvalue weighted by Crippen LogP contribution is -2.50. The summed E-state index contributed by atoms with van der Waals surface area (Å²) in [5.41, 5.74) is 0. The molecule has 0 aromatic carbocycles. The summed E-state index contributed by atoms with van der Waals surface area (Å²) in [6, 6.07) is -0.834. The van der Waals surface area contributed by atoms with E-state index in [1.807, 2.05) is 0 Å². The maximum absolute atomic E-state index is 12.4. The molecule has 0 saturated heterocycles. The maximum atomic E-state index is 12.4. The van der Waals surface area contributed by atoms with Gasteiger partial charge < -0.3 is 20.6 Å². The molecule has 0 fully saturated rings. The number of hydrogen-bond donors (Lipinski definition) is 4. The molecule has 0 radical (unpaired) electrons. The third kappa shape index (κ3) is 40.6. The molecule has 0 aromatic rings. The van der Waals surface area contributed by atoms with Crippen molar-refractivity contribution in [3.63, 3.8) is 0 Å². The molecule has 0 aromatic heterocycles. The predicted molar refractivity (Wildman–Crippen MR) is 241 cm³/mol. The highest BCUT2D eigenvalue weighted by molar-refractivity contribution is 5.76. The molecular weight excluding hydrogens is 679 g/mol. The van der Waals surface area contributed by atoms with E-state index in [1.54, 1.807) is 0 Å². The van der Waals surface area contributed by atoms with Crippen LogP contribution in [0, 0.1) is 0 Å². The number of nitrogens with one attached hydrogen (secondary N) is 1. The number of hydrogen-bond acceptors (Lipinski definition) is 4. The molecule has 0 aliphatic heterocycles. The zero-order valence-electron chi connectivity index (χ0n) is 36.8. The molecule has 0 aliphatic rings. The Labute approximate surface area is 343 Å². The van der Waals surface area contributed by atoms with Crippen molar-refractivity contribution in [3.05, 3.63) is 36.5 Å². The quantitative estimate of drug-likeness (QED) is 0.0367. The molecule has 0 bridgehead atoms. The van der Waals surface area contributed by atoms with Crippen LogP contribution >= 0.6 is 0 Å². The van der Waals surface area contributed by atoms with E-state index in [-0.39, 0.29) is 12.5 Å². The third-order valence-electron chi connectivity index (χ3n) is 11.2. The molecule has 5 heteroatoms. The van der Waals surface area contributed by atoms with E-state index in [0.29, 0.717) is 12.8 Å². The van der Waals surface area contributed by atoms with Gasteiger partial charge in [0.25, 0.3) is 0 Å². The van der Waals surface area contributed by atoms with E-state index in [4.69, 9.17) is 0 Å². The van der Waals surface area contributed by atoms with Gasteiger partial charge in [-0.1, -0.05) is 204 Å². The van der Waals surface area contributed by atoms with Crippen LogP contribution in [0.15, 0.2) is 36.5 Å². The average molecular weight is 774 g/mol. The molecule has 0 spiro atoms. The van der Waals surface area contributed by atoms with E-state index in [2.05, 4.69) is 55.6 Å². The fourth-order valence-corrected chi connectivity index (χ4v) is 7.41. The normalized spacial score (nSPS) is 13.8. The number of carbonyl (C=O) groups excluding carboxylic acids is 1. The Bertz CT molecular complexity index is 855. The molecule has 0 aliphatic carbocycles. The van der Waals surface area contributed by atoms with Gasteiger partial charge in [-0.05, 0) is 77.0 Å². The van der Waals surface area contributed by atoms with Gasteiger partial charge in [-0.25, -0.2) is 0 Å². The van der Waals surface area contributed by atoms with Gasteiger partial charge in [0.05, 0.1) is 18.8 Å². The standard InChI is InChI=1S/C50H95NO4/c1-3-5-7-9-11-13-15-17-19-21-23-24-25-27-28-30-32-34-36-38-40-42-44-48(53)50(55)47(46-52)51-49(54)45-43-41-39-37-35-33-31-29-26-22-20-18-16-14-12-10-8-6-4-2/h22,26,28,30,36,38,47-48,50,52-53,55H,3-21,23-25,27,29,31-35,37,39-46H2,1-2H3,(H,51,54)/b26-22-,30-28+,38-36+. The summed E-state index contributed by atoms with van der Waals surface area (Å²) in [7, 11) is 0. The minimum Gasteiger partial charge on any atom is -0.394 e. The number of unbranched alkanes of at least 4 members (excludes halogenated alkanes) is 30. The minimum absolute atomic E-state index is 0.162. The van der Waals surface area contributed by atoms with Gasteiger partial charge in [0.1, 0.15) is 6.10 Å². The summed E-state index contributed by atoms with van der Waals surface area (Å²) in [4.78, 5) is 12.4. The smallest absolute Gasteiger partial charge is 0.220 e. The van der Waals surface area contributed by atoms with Crippen molar-refractivity contribution in [1.29, 1.82) is 0 Å². The SMILES string of the molecule is CCCCCCCCCC/C=C\CCCCCCCCCC(=O)NC(CO)C(O)C(O)CCC/C=C/CC/C=C/CCCCCCCCCCCCCCC. The molecule has 5 nitrogen and oxygen atoms in total. The Morgan fingerprint density at radius 3 is 1.11 bits per heavy atom.